The monoisotopic (exact) mass is 376 g/mol. The number of alkyl halides is 3. The number of rotatable bonds is 8. The zero-order valence-electron chi connectivity index (χ0n) is 12.8. The van der Waals surface area contributed by atoms with Crippen molar-refractivity contribution in [1.82, 2.24) is 0 Å². The average Bonchev–Trinajstić information content (AvgIpc) is 2.52. The fraction of sp³-hybridized carbons (Fsp3) is 0.353. The zero-order chi connectivity index (χ0) is 17.3. The molecule has 0 bridgehead atoms. The summed E-state index contributed by atoms with van der Waals surface area (Å²) in [5.74, 6) is -0.908. The Labute approximate surface area is 151 Å². The molecule has 126 valence electrons. The molecule has 0 spiro atoms. The average molecular weight is 378 g/mol. The van der Waals surface area contributed by atoms with E-state index in [0.717, 1.165) is 5.56 Å². The highest BCUT2D eigenvalue weighted by molar-refractivity contribution is 6.67. The summed E-state index contributed by atoms with van der Waals surface area (Å²) in [5, 5.41) is 0. The topological polar surface area (TPSA) is 35.5 Å². The standard InChI is InChI=1S/C17H19Cl3O3/c1-3-8-14(13-9-6-5-7-10-13)15(22-11-4-2)16(21)23-12-17(18,19)20/h3-10,14-15H,2,11-12H2,1H3/b8-3+/t14-,15-/m0/s1. The molecule has 0 saturated carbocycles. The largest absolute Gasteiger partial charge is 0.459 e. The van der Waals surface area contributed by atoms with Crippen LogP contribution in [0.4, 0.5) is 0 Å². The highest BCUT2D eigenvalue weighted by Gasteiger charge is 2.32. The number of ether oxygens (including phenoxy) is 2. The number of allylic oxidation sites excluding steroid dienone is 1. The van der Waals surface area contributed by atoms with E-state index in [0.29, 0.717) is 0 Å². The number of halogens is 3. The maximum atomic E-state index is 12.4. The summed E-state index contributed by atoms with van der Waals surface area (Å²) in [6.45, 7) is 5.32. The first-order valence-electron chi connectivity index (χ1n) is 7.02. The number of hydrogen-bond acceptors (Lipinski definition) is 3. The van der Waals surface area contributed by atoms with Crippen LogP contribution < -0.4 is 0 Å². The Morgan fingerprint density at radius 3 is 2.48 bits per heavy atom. The van der Waals surface area contributed by atoms with Gasteiger partial charge in [-0.1, -0.05) is 83.4 Å². The molecule has 0 fully saturated rings. The molecule has 0 amide bonds. The van der Waals surface area contributed by atoms with Crippen molar-refractivity contribution in [1.29, 1.82) is 0 Å². The van der Waals surface area contributed by atoms with Crippen LogP contribution in [-0.2, 0) is 14.3 Å². The van der Waals surface area contributed by atoms with Crippen molar-refractivity contribution in [2.24, 2.45) is 0 Å². The Morgan fingerprint density at radius 2 is 1.96 bits per heavy atom. The van der Waals surface area contributed by atoms with Gasteiger partial charge in [-0.2, -0.15) is 0 Å². The second-order valence-corrected chi connectivity index (χ2v) is 7.24. The first kappa shape index (κ1) is 20.0. The van der Waals surface area contributed by atoms with E-state index < -0.39 is 15.9 Å². The van der Waals surface area contributed by atoms with E-state index in [1.54, 1.807) is 6.08 Å². The van der Waals surface area contributed by atoms with Crippen LogP contribution >= 0.6 is 34.8 Å². The lowest BCUT2D eigenvalue weighted by Gasteiger charge is -2.24. The fourth-order valence-electron chi connectivity index (χ4n) is 1.99. The third-order valence-corrected chi connectivity index (χ3v) is 3.24. The summed E-state index contributed by atoms with van der Waals surface area (Å²) in [5.41, 5.74) is 0.922. The smallest absolute Gasteiger partial charge is 0.336 e. The normalized spacial score (nSPS) is 14.4. The predicted molar refractivity (Wildman–Crippen MR) is 95.2 cm³/mol. The lowest BCUT2D eigenvalue weighted by Crippen LogP contribution is -2.34. The summed E-state index contributed by atoms with van der Waals surface area (Å²) in [7, 11) is 0. The van der Waals surface area contributed by atoms with Crippen molar-refractivity contribution in [3.8, 4) is 0 Å². The van der Waals surface area contributed by atoms with Crippen molar-refractivity contribution in [2.75, 3.05) is 13.2 Å². The molecule has 0 aliphatic rings. The summed E-state index contributed by atoms with van der Waals surface area (Å²) in [6, 6.07) is 9.51. The molecule has 0 heterocycles. The second kappa shape index (κ2) is 9.99. The van der Waals surface area contributed by atoms with Gasteiger partial charge in [0.05, 0.1) is 6.61 Å². The van der Waals surface area contributed by atoms with E-state index in [9.17, 15) is 4.79 Å². The number of hydrogen-bond donors (Lipinski definition) is 0. The Balaban J connectivity index is 3.00. The molecule has 3 nitrogen and oxygen atoms in total. The minimum absolute atomic E-state index is 0.203. The van der Waals surface area contributed by atoms with E-state index in [1.165, 1.54) is 0 Å². The first-order valence-corrected chi connectivity index (χ1v) is 8.16. The molecule has 0 saturated heterocycles. The molecule has 0 aliphatic heterocycles. The Bertz CT molecular complexity index is 524. The maximum absolute atomic E-state index is 12.4. The molecule has 6 heteroatoms. The van der Waals surface area contributed by atoms with Crippen LogP contribution in [0.15, 0.2) is 55.1 Å². The Hall–Kier alpha value is -1.00. The van der Waals surface area contributed by atoms with Crippen LogP contribution in [-0.4, -0.2) is 29.1 Å². The quantitative estimate of drug-likeness (QED) is 0.370. The third-order valence-electron chi connectivity index (χ3n) is 2.91. The third kappa shape index (κ3) is 7.40. The maximum Gasteiger partial charge on any atom is 0.336 e. The van der Waals surface area contributed by atoms with Crippen molar-refractivity contribution >= 4 is 40.8 Å². The molecule has 1 rings (SSSR count). The Kier molecular flexibility index (Phi) is 8.71. The lowest BCUT2D eigenvalue weighted by molar-refractivity contribution is -0.157. The van der Waals surface area contributed by atoms with Crippen LogP contribution in [0.1, 0.15) is 18.4 Å². The van der Waals surface area contributed by atoms with E-state index in [-0.39, 0.29) is 19.1 Å². The summed E-state index contributed by atoms with van der Waals surface area (Å²) >= 11 is 16.9. The summed E-state index contributed by atoms with van der Waals surface area (Å²) in [6.07, 6.45) is 4.43. The van der Waals surface area contributed by atoms with Crippen LogP contribution in [0.5, 0.6) is 0 Å². The van der Waals surface area contributed by atoms with Gasteiger partial charge in [-0.15, -0.1) is 6.58 Å². The molecule has 1 aromatic carbocycles. The van der Waals surface area contributed by atoms with Gasteiger partial charge in [0.2, 0.25) is 3.79 Å². The second-order valence-electron chi connectivity index (χ2n) is 4.73. The highest BCUT2D eigenvalue weighted by atomic mass is 35.6. The zero-order valence-corrected chi connectivity index (χ0v) is 15.0. The van der Waals surface area contributed by atoms with Gasteiger partial charge >= 0.3 is 5.97 Å². The molecular weight excluding hydrogens is 359 g/mol. The van der Waals surface area contributed by atoms with Gasteiger partial charge < -0.3 is 9.47 Å². The lowest BCUT2D eigenvalue weighted by atomic mass is 9.92. The van der Waals surface area contributed by atoms with E-state index in [4.69, 9.17) is 44.3 Å². The van der Waals surface area contributed by atoms with Crippen LogP contribution in [0.3, 0.4) is 0 Å². The van der Waals surface area contributed by atoms with Gasteiger partial charge in [0, 0.05) is 5.92 Å². The number of carbonyl (C=O) groups excluding carboxylic acids is 1. The van der Waals surface area contributed by atoms with Crippen molar-refractivity contribution in [3.05, 3.63) is 60.7 Å². The van der Waals surface area contributed by atoms with Gasteiger partial charge in [-0.25, -0.2) is 4.79 Å². The minimum atomic E-state index is -1.67. The SMILES string of the molecule is C=CCO[C@H](C(=O)OCC(Cl)(Cl)Cl)[C@@H](/C=C/C)c1ccccc1. The minimum Gasteiger partial charge on any atom is -0.459 e. The number of carbonyl (C=O) groups is 1. The van der Waals surface area contributed by atoms with Crippen molar-refractivity contribution < 1.29 is 14.3 Å². The van der Waals surface area contributed by atoms with E-state index in [2.05, 4.69) is 6.58 Å². The molecule has 23 heavy (non-hydrogen) atoms. The first-order chi connectivity index (χ1) is 10.9. The molecule has 1 aromatic rings. The number of esters is 1. The van der Waals surface area contributed by atoms with E-state index >= 15 is 0 Å². The Morgan fingerprint density at radius 1 is 1.30 bits per heavy atom. The highest BCUT2D eigenvalue weighted by Crippen LogP contribution is 2.28. The van der Waals surface area contributed by atoms with Crippen LogP contribution in [0.2, 0.25) is 0 Å². The molecular formula is C17H19Cl3O3. The molecule has 0 radical (unpaired) electrons. The molecule has 0 aromatic heterocycles. The summed E-state index contributed by atoms with van der Waals surface area (Å²) < 4.78 is 9.04. The van der Waals surface area contributed by atoms with Gasteiger partial charge in [0.1, 0.15) is 6.61 Å². The van der Waals surface area contributed by atoms with Crippen LogP contribution in [0, 0.1) is 0 Å². The van der Waals surface area contributed by atoms with E-state index in [1.807, 2.05) is 49.4 Å². The number of benzene rings is 1. The molecule has 0 unspecified atom stereocenters. The van der Waals surface area contributed by atoms with Crippen molar-refractivity contribution in [3.63, 3.8) is 0 Å². The van der Waals surface area contributed by atoms with Crippen LogP contribution in [0.25, 0.3) is 0 Å². The summed E-state index contributed by atoms with van der Waals surface area (Å²) in [4.78, 5) is 12.4. The van der Waals surface area contributed by atoms with Gasteiger partial charge in [-0.05, 0) is 12.5 Å². The van der Waals surface area contributed by atoms with Gasteiger partial charge in [0.15, 0.2) is 6.10 Å². The predicted octanol–water partition coefficient (Wildman–Crippen LogP) is 4.83. The van der Waals surface area contributed by atoms with Crippen molar-refractivity contribution in [2.45, 2.75) is 22.7 Å². The van der Waals surface area contributed by atoms with Gasteiger partial charge in [-0.3, -0.25) is 0 Å². The molecule has 2 atom stereocenters. The molecule has 0 N–H and O–H groups in total. The fourth-order valence-corrected chi connectivity index (χ4v) is 2.16. The van der Waals surface area contributed by atoms with Gasteiger partial charge in [0.25, 0.3) is 0 Å². The molecule has 0 aliphatic carbocycles.